The second kappa shape index (κ2) is 4.68. The Morgan fingerprint density at radius 1 is 1.47 bits per heavy atom. The van der Waals surface area contributed by atoms with Gasteiger partial charge >= 0.3 is 5.97 Å². The smallest absolute Gasteiger partial charge is 0.307 e. The van der Waals surface area contributed by atoms with Crippen molar-refractivity contribution in [1.29, 1.82) is 0 Å². The third-order valence-electron chi connectivity index (χ3n) is 2.11. The number of anilines is 1. The topological polar surface area (TPSA) is 49.8 Å². The zero-order chi connectivity index (χ0) is 11.4. The quantitative estimate of drug-likeness (QED) is 0.814. The predicted octanol–water partition coefficient (Wildman–Crippen LogP) is 1.39. The molecule has 0 aliphatic heterocycles. The van der Waals surface area contributed by atoms with Crippen LogP contribution in [0.25, 0.3) is 0 Å². The van der Waals surface area contributed by atoms with E-state index < -0.39 is 5.97 Å². The van der Waals surface area contributed by atoms with Crippen LogP contribution in [0, 0.1) is 0 Å². The lowest BCUT2D eigenvalue weighted by molar-refractivity contribution is -0.136. The molecule has 0 amide bonds. The molecule has 1 aromatic rings. The number of hydrogen-bond donors (Lipinski definition) is 1. The van der Waals surface area contributed by atoms with Gasteiger partial charge in [0.1, 0.15) is 5.75 Å². The van der Waals surface area contributed by atoms with Crippen LogP contribution in [-0.2, 0) is 11.2 Å². The van der Waals surface area contributed by atoms with Crippen molar-refractivity contribution in [3.8, 4) is 5.75 Å². The Hall–Kier alpha value is -1.71. The molecule has 1 rings (SSSR count). The molecule has 0 aromatic heterocycles. The van der Waals surface area contributed by atoms with Crippen molar-refractivity contribution in [1.82, 2.24) is 0 Å². The first-order chi connectivity index (χ1) is 7.04. The number of nitrogens with zero attached hydrogens (tertiary/aromatic N) is 1. The Morgan fingerprint density at radius 3 is 2.60 bits per heavy atom. The van der Waals surface area contributed by atoms with Crippen LogP contribution >= 0.6 is 0 Å². The summed E-state index contributed by atoms with van der Waals surface area (Å²) in [5.74, 6) is -0.164. The third kappa shape index (κ3) is 2.87. The highest BCUT2D eigenvalue weighted by Gasteiger charge is 2.09. The fourth-order valence-electron chi connectivity index (χ4n) is 1.43. The van der Waals surface area contributed by atoms with Crippen molar-refractivity contribution < 1.29 is 14.6 Å². The molecule has 1 aromatic carbocycles. The van der Waals surface area contributed by atoms with Crippen LogP contribution in [0.15, 0.2) is 18.2 Å². The van der Waals surface area contributed by atoms with Crippen LogP contribution in [-0.4, -0.2) is 32.3 Å². The minimum atomic E-state index is -0.841. The minimum absolute atomic E-state index is 0.00468. The fraction of sp³-hybridized carbons (Fsp3) is 0.364. The van der Waals surface area contributed by atoms with Gasteiger partial charge in [0, 0.05) is 19.8 Å². The van der Waals surface area contributed by atoms with Gasteiger partial charge in [0.2, 0.25) is 0 Å². The number of carbonyl (C=O) groups is 1. The Balaban J connectivity index is 3.10. The molecule has 0 saturated carbocycles. The van der Waals surface area contributed by atoms with Crippen LogP contribution < -0.4 is 9.64 Å². The van der Waals surface area contributed by atoms with E-state index in [1.807, 2.05) is 31.1 Å². The maximum Gasteiger partial charge on any atom is 0.307 e. The van der Waals surface area contributed by atoms with Crippen molar-refractivity contribution >= 4 is 11.7 Å². The second-order valence-corrected chi connectivity index (χ2v) is 3.46. The van der Waals surface area contributed by atoms with Crippen LogP contribution in [0.2, 0.25) is 0 Å². The fourth-order valence-corrected chi connectivity index (χ4v) is 1.43. The molecule has 4 nitrogen and oxygen atoms in total. The van der Waals surface area contributed by atoms with Gasteiger partial charge in [-0.15, -0.1) is 0 Å². The molecule has 0 spiro atoms. The van der Waals surface area contributed by atoms with E-state index in [-0.39, 0.29) is 6.42 Å². The van der Waals surface area contributed by atoms with E-state index >= 15 is 0 Å². The molecule has 0 saturated heterocycles. The standard InChI is InChI=1S/C11H15NO3/c1-12(2)10-5-4-9(15-3)6-8(10)7-11(13)14/h4-6H,7H2,1-3H3,(H,13,14). The highest BCUT2D eigenvalue weighted by molar-refractivity contribution is 5.74. The van der Waals surface area contributed by atoms with E-state index in [9.17, 15) is 4.79 Å². The summed E-state index contributed by atoms with van der Waals surface area (Å²) in [6.45, 7) is 0. The molecule has 0 fully saturated rings. The first kappa shape index (κ1) is 11.4. The summed E-state index contributed by atoms with van der Waals surface area (Å²) >= 11 is 0. The Kier molecular flexibility index (Phi) is 3.55. The van der Waals surface area contributed by atoms with Crippen LogP contribution in [0.1, 0.15) is 5.56 Å². The molecule has 1 N–H and O–H groups in total. The summed E-state index contributed by atoms with van der Waals surface area (Å²) in [5.41, 5.74) is 1.66. The Labute approximate surface area is 89.1 Å². The van der Waals surface area contributed by atoms with E-state index in [2.05, 4.69) is 0 Å². The number of hydrogen-bond acceptors (Lipinski definition) is 3. The summed E-state index contributed by atoms with van der Waals surface area (Å²) in [7, 11) is 5.33. The van der Waals surface area contributed by atoms with E-state index in [0.29, 0.717) is 5.75 Å². The van der Waals surface area contributed by atoms with E-state index in [1.54, 1.807) is 13.2 Å². The SMILES string of the molecule is COc1ccc(N(C)C)c(CC(=O)O)c1. The van der Waals surface area contributed by atoms with Crippen LogP contribution in [0.4, 0.5) is 5.69 Å². The monoisotopic (exact) mass is 209 g/mol. The Bertz CT molecular complexity index is 361. The molecule has 0 aliphatic carbocycles. The van der Waals surface area contributed by atoms with Gasteiger partial charge in [0.15, 0.2) is 0 Å². The lowest BCUT2D eigenvalue weighted by Crippen LogP contribution is -2.13. The molecule has 0 radical (unpaired) electrons. The first-order valence-corrected chi connectivity index (χ1v) is 4.60. The molecule has 0 bridgehead atoms. The molecule has 0 heterocycles. The van der Waals surface area contributed by atoms with E-state index in [0.717, 1.165) is 11.3 Å². The third-order valence-corrected chi connectivity index (χ3v) is 2.11. The first-order valence-electron chi connectivity index (χ1n) is 4.60. The molecule has 0 atom stereocenters. The van der Waals surface area contributed by atoms with Gasteiger partial charge in [-0.3, -0.25) is 4.79 Å². The predicted molar refractivity (Wildman–Crippen MR) is 58.7 cm³/mol. The van der Waals surface area contributed by atoms with E-state index in [1.165, 1.54) is 0 Å². The summed E-state index contributed by atoms with van der Waals surface area (Å²) in [6, 6.07) is 5.43. The van der Waals surface area contributed by atoms with Crippen molar-refractivity contribution in [3.05, 3.63) is 23.8 Å². The van der Waals surface area contributed by atoms with Gasteiger partial charge < -0.3 is 14.7 Å². The lowest BCUT2D eigenvalue weighted by atomic mass is 10.1. The van der Waals surface area contributed by atoms with Gasteiger partial charge in [0.25, 0.3) is 0 Å². The molecule has 0 aliphatic rings. The second-order valence-electron chi connectivity index (χ2n) is 3.46. The number of methoxy groups -OCH3 is 1. The largest absolute Gasteiger partial charge is 0.497 e. The zero-order valence-corrected chi connectivity index (χ0v) is 9.15. The van der Waals surface area contributed by atoms with Gasteiger partial charge in [-0.05, 0) is 23.8 Å². The van der Waals surface area contributed by atoms with Gasteiger partial charge in [-0.1, -0.05) is 0 Å². The van der Waals surface area contributed by atoms with Gasteiger partial charge in [-0.2, -0.15) is 0 Å². The van der Waals surface area contributed by atoms with Gasteiger partial charge in [-0.25, -0.2) is 0 Å². The van der Waals surface area contributed by atoms with Crippen LogP contribution in [0.3, 0.4) is 0 Å². The number of aliphatic carboxylic acids is 1. The number of carboxylic acid groups (broad SMARTS) is 1. The van der Waals surface area contributed by atoms with Crippen molar-refractivity contribution in [3.63, 3.8) is 0 Å². The number of rotatable bonds is 4. The highest BCUT2D eigenvalue weighted by Crippen LogP contribution is 2.24. The summed E-state index contributed by atoms with van der Waals surface area (Å²) in [4.78, 5) is 12.6. The molecule has 4 heteroatoms. The highest BCUT2D eigenvalue weighted by atomic mass is 16.5. The minimum Gasteiger partial charge on any atom is -0.497 e. The number of benzene rings is 1. The summed E-state index contributed by atoms with van der Waals surface area (Å²) in [6.07, 6.45) is 0.00468. The molecular formula is C11H15NO3. The number of ether oxygens (including phenoxy) is 1. The number of carboxylic acids is 1. The van der Waals surface area contributed by atoms with Gasteiger partial charge in [0.05, 0.1) is 13.5 Å². The normalized spacial score (nSPS) is 9.80. The zero-order valence-electron chi connectivity index (χ0n) is 9.15. The van der Waals surface area contributed by atoms with Crippen molar-refractivity contribution in [2.45, 2.75) is 6.42 Å². The van der Waals surface area contributed by atoms with Crippen molar-refractivity contribution in [2.24, 2.45) is 0 Å². The molecular weight excluding hydrogens is 194 g/mol. The average molecular weight is 209 g/mol. The maximum absolute atomic E-state index is 10.7. The lowest BCUT2D eigenvalue weighted by Gasteiger charge is -2.17. The van der Waals surface area contributed by atoms with Crippen molar-refractivity contribution in [2.75, 3.05) is 26.1 Å². The van der Waals surface area contributed by atoms with Crippen LogP contribution in [0.5, 0.6) is 5.75 Å². The van der Waals surface area contributed by atoms with E-state index in [4.69, 9.17) is 9.84 Å². The average Bonchev–Trinajstić information content (AvgIpc) is 2.16. The molecule has 0 unspecified atom stereocenters. The molecule has 15 heavy (non-hydrogen) atoms. The molecule has 82 valence electrons. The Morgan fingerprint density at radius 2 is 2.13 bits per heavy atom. The maximum atomic E-state index is 10.7. The summed E-state index contributed by atoms with van der Waals surface area (Å²) in [5, 5.41) is 8.78. The summed E-state index contributed by atoms with van der Waals surface area (Å²) < 4.78 is 5.06.